The van der Waals surface area contributed by atoms with Gasteiger partial charge in [0.15, 0.2) is 0 Å². The third-order valence-electron chi connectivity index (χ3n) is 2.78. The maximum Gasteiger partial charge on any atom is 0.321 e. The zero-order valence-electron chi connectivity index (χ0n) is 11.2. The van der Waals surface area contributed by atoms with Gasteiger partial charge in [-0.15, -0.1) is 0 Å². The molecule has 0 bridgehead atoms. The van der Waals surface area contributed by atoms with E-state index in [1.807, 2.05) is 6.07 Å². The zero-order valence-corrected chi connectivity index (χ0v) is 11.2. The van der Waals surface area contributed by atoms with E-state index in [9.17, 15) is 4.79 Å². The van der Waals surface area contributed by atoms with Crippen LogP contribution in [0.15, 0.2) is 53.6 Å². The number of ether oxygens (including phenoxy) is 1. The summed E-state index contributed by atoms with van der Waals surface area (Å²) in [6.45, 7) is 0. The molecule has 0 aliphatic heterocycles. The van der Waals surface area contributed by atoms with Gasteiger partial charge in [-0.3, -0.25) is 4.79 Å². The minimum atomic E-state index is -0.276. The summed E-state index contributed by atoms with van der Waals surface area (Å²) in [6.07, 6.45) is 3.08. The van der Waals surface area contributed by atoms with Gasteiger partial charge in [-0.25, -0.2) is 15.1 Å². The molecule has 1 aromatic carbocycles. The summed E-state index contributed by atoms with van der Waals surface area (Å²) in [4.78, 5) is 19.1. The first-order chi connectivity index (χ1) is 10.7. The van der Waals surface area contributed by atoms with Crippen LogP contribution in [0.25, 0.3) is 11.3 Å². The van der Waals surface area contributed by atoms with E-state index in [4.69, 9.17) is 10.00 Å². The van der Waals surface area contributed by atoms with Crippen molar-refractivity contribution in [3.63, 3.8) is 0 Å². The lowest BCUT2D eigenvalue weighted by molar-refractivity contribution is 0.442. The third kappa shape index (κ3) is 2.96. The Labute approximate surface area is 124 Å². The maximum atomic E-state index is 11.0. The fourth-order valence-corrected chi connectivity index (χ4v) is 1.74. The fraction of sp³-hybridized carbons (Fsp3) is 0. The first-order valence-corrected chi connectivity index (χ1v) is 6.31. The number of nitrogens with one attached hydrogen (secondary N) is 1. The topological polar surface area (TPSA) is 105 Å². The second-order valence-electron chi connectivity index (χ2n) is 4.30. The molecule has 0 spiro atoms. The molecule has 0 radical (unpaired) electrons. The lowest BCUT2D eigenvalue weighted by atomic mass is 10.2. The van der Waals surface area contributed by atoms with Crippen LogP contribution in [0, 0.1) is 11.3 Å². The van der Waals surface area contributed by atoms with Gasteiger partial charge in [0.25, 0.3) is 5.56 Å². The molecule has 2 heterocycles. The number of H-pyrrole nitrogens is 1. The normalized spacial score (nSPS) is 9.95. The number of hydrogen-bond acceptors (Lipinski definition) is 6. The van der Waals surface area contributed by atoms with Gasteiger partial charge in [0.05, 0.1) is 17.3 Å². The molecular formula is C15H9N5O2. The van der Waals surface area contributed by atoms with Gasteiger partial charge in [-0.05, 0) is 24.3 Å². The molecule has 0 atom stereocenters. The molecule has 0 unspecified atom stereocenters. The SMILES string of the molecule is N#Cc1cccc(Oc2ncc(-c3ccc(=O)[nH]n3)cn2)c1. The average Bonchev–Trinajstić information content (AvgIpc) is 2.57. The highest BCUT2D eigenvalue weighted by molar-refractivity contribution is 5.55. The second kappa shape index (κ2) is 5.85. The van der Waals surface area contributed by atoms with Gasteiger partial charge in [-0.1, -0.05) is 6.07 Å². The van der Waals surface area contributed by atoms with Crippen LogP contribution in [0.2, 0.25) is 0 Å². The van der Waals surface area contributed by atoms with Gasteiger partial charge in [-0.2, -0.15) is 10.4 Å². The molecule has 0 fully saturated rings. The van der Waals surface area contributed by atoms with Crippen LogP contribution >= 0.6 is 0 Å². The summed E-state index contributed by atoms with van der Waals surface area (Å²) < 4.78 is 5.48. The van der Waals surface area contributed by atoms with Crippen LogP contribution in [0.1, 0.15) is 5.56 Å². The minimum absolute atomic E-state index is 0.156. The Morgan fingerprint density at radius 3 is 2.64 bits per heavy atom. The van der Waals surface area contributed by atoms with E-state index >= 15 is 0 Å². The van der Waals surface area contributed by atoms with E-state index in [0.29, 0.717) is 22.6 Å². The molecule has 22 heavy (non-hydrogen) atoms. The summed E-state index contributed by atoms with van der Waals surface area (Å²) in [6, 6.07) is 11.8. The van der Waals surface area contributed by atoms with Gasteiger partial charge in [0.1, 0.15) is 5.75 Å². The average molecular weight is 291 g/mol. The lowest BCUT2D eigenvalue weighted by Crippen LogP contribution is -2.05. The van der Waals surface area contributed by atoms with E-state index in [-0.39, 0.29) is 11.6 Å². The second-order valence-corrected chi connectivity index (χ2v) is 4.30. The summed E-state index contributed by atoms with van der Waals surface area (Å²) >= 11 is 0. The van der Waals surface area contributed by atoms with Crippen LogP contribution < -0.4 is 10.3 Å². The Balaban J connectivity index is 1.81. The predicted octanol–water partition coefficient (Wildman–Crippen LogP) is 1.89. The molecule has 0 aliphatic carbocycles. The monoisotopic (exact) mass is 291 g/mol. The zero-order chi connectivity index (χ0) is 15.4. The van der Waals surface area contributed by atoms with Gasteiger partial charge >= 0.3 is 6.01 Å². The Morgan fingerprint density at radius 1 is 1.14 bits per heavy atom. The molecule has 106 valence electrons. The van der Waals surface area contributed by atoms with Crippen molar-refractivity contribution in [2.75, 3.05) is 0 Å². The van der Waals surface area contributed by atoms with Gasteiger partial charge < -0.3 is 4.74 Å². The highest BCUT2D eigenvalue weighted by Crippen LogP contribution is 2.20. The maximum absolute atomic E-state index is 11.0. The van der Waals surface area contributed by atoms with Crippen LogP contribution in [-0.4, -0.2) is 20.2 Å². The number of aromatic amines is 1. The number of hydrogen-bond donors (Lipinski definition) is 1. The van der Waals surface area contributed by atoms with Gasteiger partial charge in [0, 0.05) is 24.0 Å². The number of aromatic nitrogens is 4. The number of rotatable bonds is 3. The van der Waals surface area contributed by atoms with E-state index in [2.05, 4.69) is 20.2 Å². The van der Waals surface area contributed by atoms with Crippen molar-refractivity contribution in [2.24, 2.45) is 0 Å². The smallest absolute Gasteiger partial charge is 0.321 e. The highest BCUT2D eigenvalue weighted by Gasteiger charge is 2.04. The van der Waals surface area contributed by atoms with Crippen LogP contribution in [0.5, 0.6) is 11.8 Å². The van der Waals surface area contributed by atoms with E-state index in [0.717, 1.165) is 0 Å². The Hall–Kier alpha value is -3.53. The first-order valence-electron chi connectivity index (χ1n) is 6.31. The molecular weight excluding hydrogens is 282 g/mol. The molecule has 2 aromatic heterocycles. The lowest BCUT2D eigenvalue weighted by Gasteiger charge is -2.04. The van der Waals surface area contributed by atoms with Crippen molar-refractivity contribution < 1.29 is 4.74 Å². The molecule has 0 saturated carbocycles. The van der Waals surface area contributed by atoms with Crippen LogP contribution in [0.3, 0.4) is 0 Å². The van der Waals surface area contributed by atoms with Crippen LogP contribution in [-0.2, 0) is 0 Å². The standard InChI is InChI=1S/C15H9N5O2/c16-7-10-2-1-3-12(6-10)22-15-17-8-11(9-18-15)13-4-5-14(21)20-19-13/h1-6,8-9H,(H,20,21). The van der Waals surface area contributed by atoms with Crippen molar-refractivity contribution in [2.45, 2.75) is 0 Å². The minimum Gasteiger partial charge on any atom is -0.424 e. The molecule has 0 saturated heterocycles. The molecule has 7 heteroatoms. The number of nitrogens with zero attached hydrogens (tertiary/aromatic N) is 4. The molecule has 3 aromatic rings. The summed E-state index contributed by atoms with van der Waals surface area (Å²) in [7, 11) is 0. The van der Waals surface area contributed by atoms with Crippen molar-refractivity contribution in [3.8, 4) is 29.1 Å². The van der Waals surface area contributed by atoms with E-state index < -0.39 is 0 Å². The predicted molar refractivity (Wildman–Crippen MR) is 77.1 cm³/mol. The number of benzene rings is 1. The summed E-state index contributed by atoms with van der Waals surface area (Å²) in [5.41, 5.74) is 1.42. The quantitative estimate of drug-likeness (QED) is 0.790. The Kier molecular flexibility index (Phi) is 3.58. The Bertz CT molecular complexity index is 876. The molecule has 7 nitrogen and oxygen atoms in total. The third-order valence-corrected chi connectivity index (χ3v) is 2.78. The fourth-order valence-electron chi connectivity index (χ4n) is 1.74. The first kappa shape index (κ1) is 13.5. The summed E-state index contributed by atoms with van der Waals surface area (Å²) in [5, 5.41) is 15.1. The van der Waals surface area contributed by atoms with Crippen molar-refractivity contribution in [1.82, 2.24) is 20.2 Å². The van der Waals surface area contributed by atoms with Crippen molar-refractivity contribution >= 4 is 0 Å². The van der Waals surface area contributed by atoms with Crippen LogP contribution in [0.4, 0.5) is 0 Å². The number of nitriles is 1. The van der Waals surface area contributed by atoms with Gasteiger partial charge in [0.2, 0.25) is 0 Å². The highest BCUT2D eigenvalue weighted by atomic mass is 16.5. The largest absolute Gasteiger partial charge is 0.424 e. The molecule has 0 aliphatic rings. The van der Waals surface area contributed by atoms with Crippen molar-refractivity contribution in [3.05, 3.63) is 64.7 Å². The Morgan fingerprint density at radius 2 is 1.95 bits per heavy atom. The van der Waals surface area contributed by atoms with Crippen molar-refractivity contribution in [1.29, 1.82) is 5.26 Å². The van der Waals surface area contributed by atoms with E-state index in [1.165, 1.54) is 18.5 Å². The summed E-state index contributed by atoms with van der Waals surface area (Å²) in [5.74, 6) is 0.481. The molecule has 1 N–H and O–H groups in total. The molecule has 3 rings (SSSR count). The molecule has 0 amide bonds. The van der Waals surface area contributed by atoms with E-state index in [1.54, 1.807) is 30.3 Å².